The van der Waals surface area contributed by atoms with Crippen molar-refractivity contribution in [2.75, 3.05) is 31.6 Å². The van der Waals surface area contributed by atoms with Crippen LogP contribution < -0.4 is 4.90 Å². The molecule has 0 radical (unpaired) electrons. The number of pyridine rings is 1. The maximum atomic E-state index is 4.73. The largest absolute Gasteiger partial charge is 0.371 e. The van der Waals surface area contributed by atoms with E-state index >= 15 is 0 Å². The maximum absolute atomic E-state index is 4.73. The molecule has 2 aliphatic heterocycles. The molecule has 0 bridgehead atoms. The molecular weight excluding hydrogens is 334 g/mol. The van der Waals surface area contributed by atoms with Crippen molar-refractivity contribution in [1.29, 1.82) is 0 Å². The highest BCUT2D eigenvalue weighted by molar-refractivity contribution is 5.94. The fourth-order valence-corrected chi connectivity index (χ4v) is 5.20. The van der Waals surface area contributed by atoms with Gasteiger partial charge in [-0.15, -0.1) is 0 Å². The molecule has 1 fully saturated rings. The molecular formula is C22H27N5. The lowest BCUT2D eigenvalue weighted by Crippen LogP contribution is -2.55. The Kier molecular flexibility index (Phi) is 3.76. The van der Waals surface area contributed by atoms with Gasteiger partial charge in [0.15, 0.2) is 0 Å². The number of H-pyrrole nitrogens is 1. The van der Waals surface area contributed by atoms with Gasteiger partial charge in [-0.3, -0.25) is 9.88 Å². The van der Waals surface area contributed by atoms with Gasteiger partial charge in [0.2, 0.25) is 0 Å². The highest BCUT2D eigenvalue weighted by Crippen LogP contribution is 2.42. The SMILES string of the molecule is Cc1cc(C)c2nccc(N3CCC4(CC3)c3nc[nH]c3CCN4C)c2c1. The number of fused-ring (bicyclic) bond motifs is 3. The summed E-state index contributed by atoms with van der Waals surface area (Å²) in [7, 11) is 2.27. The number of hydrogen-bond acceptors (Lipinski definition) is 4. The molecule has 5 nitrogen and oxygen atoms in total. The molecule has 1 spiro atoms. The summed E-state index contributed by atoms with van der Waals surface area (Å²) in [6.07, 6.45) is 7.12. The lowest BCUT2D eigenvalue weighted by molar-refractivity contribution is 0.0714. The Morgan fingerprint density at radius 3 is 2.70 bits per heavy atom. The van der Waals surface area contributed by atoms with Gasteiger partial charge in [0.25, 0.3) is 0 Å². The van der Waals surface area contributed by atoms with Crippen molar-refractivity contribution in [3.8, 4) is 0 Å². The molecule has 0 saturated carbocycles. The van der Waals surface area contributed by atoms with Crippen molar-refractivity contribution in [3.63, 3.8) is 0 Å². The zero-order chi connectivity index (χ0) is 18.6. The minimum Gasteiger partial charge on any atom is -0.371 e. The highest BCUT2D eigenvalue weighted by Gasteiger charge is 2.45. The minimum atomic E-state index is 0.0821. The van der Waals surface area contributed by atoms with Gasteiger partial charge in [-0.25, -0.2) is 4.98 Å². The van der Waals surface area contributed by atoms with Gasteiger partial charge in [-0.1, -0.05) is 11.6 Å². The Hall–Kier alpha value is -2.40. The fourth-order valence-electron chi connectivity index (χ4n) is 5.20. The van der Waals surface area contributed by atoms with E-state index in [0.717, 1.165) is 44.4 Å². The molecule has 5 heteroatoms. The summed E-state index contributed by atoms with van der Waals surface area (Å²) < 4.78 is 0. The third-order valence-electron chi connectivity index (χ3n) is 6.68. The van der Waals surface area contributed by atoms with Gasteiger partial charge in [0, 0.05) is 49.0 Å². The molecule has 140 valence electrons. The number of likely N-dealkylation sites (N-methyl/N-ethyl adjacent to an activating group) is 1. The molecule has 0 aliphatic carbocycles. The number of rotatable bonds is 1. The second kappa shape index (κ2) is 6.06. The number of benzene rings is 1. The number of anilines is 1. The van der Waals surface area contributed by atoms with Gasteiger partial charge in [0.05, 0.1) is 23.1 Å². The Labute approximate surface area is 160 Å². The smallest absolute Gasteiger partial charge is 0.0926 e. The molecule has 1 N–H and O–H groups in total. The average molecular weight is 361 g/mol. The summed E-state index contributed by atoms with van der Waals surface area (Å²) in [5, 5.41) is 1.28. The maximum Gasteiger partial charge on any atom is 0.0926 e. The van der Waals surface area contributed by atoms with E-state index in [2.05, 4.69) is 58.9 Å². The van der Waals surface area contributed by atoms with Crippen LogP contribution in [0.4, 0.5) is 5.69 Å². The molecule has 2 aliphatic rings. The van der Waals surface area contributed by atoms with Crippen molar-refractivity contribution in [3.05, 3.63) is 53.2 Å². The van der Waals surface area contributed by atoms with E-state index < -0.39 is 0 Å². The van der Waals surface area contributed by atoms with Crippen LogP contribution in [0.3, 0.4) is 0 Å². The van der Waals surface area contributed by atoms with Crippen molar-refractivity contribution in [2.45, 2.75) is 38.6 Å². The molecule has 27 heavy (non-hydrogen) atoms. The Morgan fingerprint density at radius 1 is 1.07 bits per heavy atom. The van der Waals surface area contributed by atoms with E-state index in [0.29, 0.717) is 0 Å². The van der Waals surface area contributed by atoms with Crippen molar-refractivity contribution in [2.24, 2.45) is 0 Å². The summed E-state index contributed by atoms with van der Waals surface area (Å²) in [5.41, 5.74) is 7.71. The third kappa shape index (κ3) is 2.48. The van der Waals surface area contributed by atoms with Gasteiger partial charge in [0.1, 0.15) is 0 Å². The molecule has 0 atom stereocenters. The van der Waals surface area contributed by atoms with Crippen LogP contribution in [0.15, 0.2) is 30.7 Å². The Morgan fingerprint density at radius 2 is 1.89 bits per heavy atom. The number of imidazole rings is 1. The van der Waals surface area contributed by atoms with Crippen LogP contribution >= 0.6 is 0 Å². The first-order chi connectivity index (χ1) is 13.1. The zero-order valence-electron chi connectivity index (χ0n) is 16.4. The van der Waals surface area contributed by atoms with Crippen LogP contribution in [0, 0.1) is 13.8 Å². The summed E-state index contributed by atoms with van der Waals surface area (Å²) in [6.45, 7) is 7.52. The molecule has 3 aromatic rings. The first-order valence-electron chi connectivity index (χ1n) is 9.93. The summed E-state index contributed by atoms with van der Waals surface area (Å²) in [4.78, 5) is 17.8. The van der Waals surface area contributed by atoms with Gasteiger partial charge in [-0.05, 0) is 51.4 Å². The normalized spacial score (nSPS) is 19.6. The van der Waals surface area contributed by atoms with Crippen LogP contribution in [-0.2, 0) is 12.0 Å². The highest BCUT2D eigenvalue weighted by atomic mass is 15.2. The number of nitrogens with zero attached hydrogens (tertiary/aromatic N) is 4. The first-order valence-corrected chi connectivity index (χ1v) is 9.93. The lowest BCUT2D eigenvalue weighted by Gasteiger charge is -2.49. The fraction of sp³-hybridized carbons (Fsp3) is 0.455. The van der Waals surface area contributed by atoms with E-state index in [1.807, 2.05) is 12.5 Å². The summed E-state index contributed by atoms with van der Waals surface area (Å²) in [5.74, 6) is 0. The van der Waals surface area contributed by atoms with Gasteiger partial charge >= 0.3 is 0 Å². The molecule has 5 rings (SSSR count). The average Bonchev–Trinajstić information content (AvgIpc) is 3.15. The van der Waals surface area contributed by atoms with Crippen molar-refractivity contribution >= 4 is 16.6 Å². The number of aryl methyl sites for hydroxylation is 2. The first kappa shape index (κ1) is 16.8. The van der Waals surface area contributed by atoms with Gasteiger partial charge in [-0.2, -0.15) is 0 Å². The van der Waals surface area contributed by atoms with E-state index in [9.17, 15) is 0 Å². The van der Waals surface area contributed by atoms with Gasteiger partial charge < -0.3 is 9.88 Å². The van der Waals surface area contributed by atoms with E-state index in [4.69, 9.17) is 4.98 Å². The monoisotopic (exact) mass is 361 g/mol. The van der Waals surface area contributed by atoms with Crippen LogP contribution in [0.25, 0.3) is 10.9 Å². The van der Waals surface area contributed by atoms with Crippen LogP contribution in [0.1, 0.15) is 35.4 Å². The molecule has 1 aromatic carbocycles. The van der Waals surface area contributed by atoms with E-state index in [1.54, 1.807) is 0 Å². The number of hydrogen-bond donors (Lipinski definition) is 1. The van der Waals surface area contributed by atoms with Crippen molar-refractivity contribution in [1.82, 2.24) is 19.9 Å². The summed E-state index contributed by atoms with van der Waals surface area (Å²) >= 11 is 0. The van der Waals surface area contributed by atoms with Crippen molar-refractivity contribution < 1.29 is 0 Å². The van der Waals surface area contributed by atoms with E-state index in [-0.39, 0.29) is 5.54 Å². The third-order valence-corrected chi connectivity index (χ3v) is 6.68. The van der Waals surface area contributed by atoms with E-state index in [1.165, 1.54) is 33.6 Å². The predicted molar refractivity (Wildman–Crippen MR) is 109 cm³/mol. The molecule has 1 saturated heterocycles. The standard InChI is InChI=1S/C22H27N5/c1-15-12-16(2)20-17(13-15)19(4-8-23-20)27-10-6-22(7-11-27)21-18(24-14-25-21)5-9-26(22)3/h4,8,12-14H,5-7,9-11H2,1-3H3,(H,24,25). The molecule has 2 aromatic heterocycles. The predicted octanol–water partition coefficient (Wildman–Crippen LogP) is 3.56. The quantitative estimate of drug-likeness (QED) is 0.720. The minimum absolute atomic E-state index is 0.0821. The molecule has 0 amide bonds. The number of aromatic nitrogens is 3. The number of piperidine rings is 1. The molecule has 0 unspecified atom stereocenters. The van der Waals surface area contributed by atoms with Crippen LogP contribution in [-0.4, -0.2) is 46.5 Å². The van der Waals surface area contributed by atoms with Crippen LogP contribution in [0.5, 0.6) is 0 Å². The second-order valence-corrected chi connectivity index (χ2v) is 8.23. The molecule has 4 heterocycles. The lowest BCUT2D eigenvalue weighted by atomic mass is 9.79. The Bertz CT molecular complexity index is 997. The number of nitrogens with one attached hydrogen (secondary N) is 1. The second-order valence-electron chi connectivity index (χ2n) is 8.23. The summed E-state index contributed by atoms with van der Waals surface area (Å²) in [6, 6.07) is 6.69. The number of aromatic amines is 1. The Balaban J connectivity index is 1.49. The van der Waals surface area contributed by atoms with Crippen LogP contribution in [0.2, 0.25) is 0 Å². The topological polar surface area (TPSA) is 48.1 Å². The zero-order valence-corrected chi connectivity index (χ0v) is 16.4.